The van der Waals surface area contributed by atoms with Crippen molar-refractivity contribution in [2.45, 2.75) is 28.9 Å². The molecule has 4 rings (SSSR count). The Bertz CT molecular complexity index is 1230. The van der Waals surface area contributed by atoms with Crippen LogP contribution in [0.5, 0.6) is 5.75 Å². The maximum atomic E-state index is 15.2. The SMILES string of the molecule is CS(=O)(=O)C[C@@H]1CCC[C@@]2(S(=O)(=O)c3ccc(Cl)cc3)c3c(F)ccc(F)c3OC[C@@H]12. The van der Waals surface area contributed by atoms with E-state index in [1.807, 2.05) is 0 Å². The molecule has 0 spiro atoms. The number of hydrogen-bond donors (Lipinski definition) is 0. The minimum atomic E-state index is -4.28. The number of rotatable bonds is 4. The molecule has 1 heterocycles. The van der Waals surface area contributed by atoms with Crippen LogP contribution in [0.3, 0.4) is 0 Å². The van der Waals surface area contributed by atoms with Gasteiger partial charge in [-0.15, -0.1) is 0 Å². The summed E-state index contributed by atoms with van der Waals surface area (Å²) in [7, 11) is -7.73. The fourth-order valence-electron chi connectivity index (χ4n) is 5.10. The topological polar surface area (TPSA) is 77.5 Å². The first-order chi connectivity index (χ1) is 14.5. The number of fused-ring (bicyclic) bond motifs is 3. The van der Waals surface area contributed by atoms with Crippen LogP contribution in [0.2, 0.25) is 5.02 Å². The Labute approximate surface area is 185 Å². The van der Waals surface area contributed by atoms with E-state index in [9.17, 15) is 21.2 Å². The van der Waals surface area contributed by atoms with Crippen LogP contribution in [0.4, 0.5) is 8.78 Å². The maximum Gasteiger partial charge on any atom is 0.188 e. The summed E-state index contributed by atoms with van der Waals surface area (Å²) in [6, 6.07) is 7.28. The molecule has 2 aromatic carbocycles. The molecule has 0 amide bonds. The van der Waals surface area contributed by atoms with Crippen molar-refractivity contribution in [1.82, 2.24) is 0 Å². The molecule has 0 unspecified atom stereocenters. The molecule has 0 saturated heterocycles. The van der Waals surface area contributed by atoms with Gasteiger partial charge in [-0.3, -0.25) is 0 Å². The van der Waals surface area contributed by atoms with E-state index in [2.05, 4.69) is 0 Å². The van der Waals surface area contributed by atoms with Crippen LogP contribution in [-0.4, -0.2) is 35.5 Å². The number of hydrogen-bond acceptors (Lipinski definition) is 5. The zero-order valence-electron chi connectivity index (χ0n) is 16.6. The molecule has 0 radical (unpaired) electrons. The molecule has 2 aliphatic rings. The van der Waals surface area contributed by atoms with Crippen molar-refractivity contribution in [2.24, 2.45) is 11.8 Å². The van der Waals surface area contributed by atoms with Crippen LogP contribution in [-0.2, 0) is 24.4 Å². The van der Waals surface area contributed by atoms with Gasteiger partial charge in [0.15, 0.2) is 21.4 Å². The predicted molar refractivity (Wildman–Crippen MR) is 113 cm³/mol. The largest absolute Gasteiger partial charge is 0.490 e. The van der Waals surface area contributed by atoms with E-state index < -0.39 is 53.6 Å². The van der Waals surface area contributed by atoms with Gasteiger partial charge in [0.25, 0.3) is 0 Å². The molecule has 1 aliphatic carbocycles. The third kappa shape index (κ3) is 3.64. The molecule has 2 aromatic rings. The molecule has 1 aliphatic heterocycles. The third-order valence-electron chi connectivity index (χ3n) is 6.30. The van der Waals surface area contributed by atoms with Gasteiger partial charge in [-0.25, -0.2) is 25.6 Å². The van der Waals surface area contributed by atoms with Gasteiger partial charge in [0.05, 0.1) is 22.8 Å². The summed E-state index contributed by atoms with van der Waals surface area (Å²) in [5.41, 5.74) is -0.350. The summed E-state index contributed by atoms with van der Waals surface area (Å²) >= 11 is 5.91. The second kappa shape index (κ2) is 7.71. The molecular formula is C21H21ClF2O5S2. The highest BCUT2D eigenvalue weighted by Gasteiger charge is 2.61. The Hall–Kier alpha value is -1.71. The molecule has 1 saturated carbocycles. The highest BCUT2D eigenvalue weighted by Crippen LogP contribution is 2.58. The summed E-state index contributed by atoms with van der Waals surface area (Å²) in [5, 5.41) is 0.330. The summed E-state index contributed by atoms with van der Waals surface area (Å²) in [6.45, 7) is -0.222. The van der Waals surface area contributed by atoms with Crippen molar-refractivity contribution in [3.05, 3.63) is 58.6 Å². The Kier molecular flexibility index (Phi) is 5.59. The molecule has 1 fully saturated rings. The molecule has 0 bridgehead atoms. The van der Waals surface area contributed by atoms with Crippen LogP contribution in [0.15, 0.2) is 41.3 Å². The summed E-state index contributed by atoms with van der Waals surface area (Å²) in [5.74, 6) is -3.87. The van der Waals surface area contributed by atoms with Gasteiger partial charge in [-0.1, -0.05) is 18.0 Å². The molecule has 0 N–H and O–H groups in total. The number of ether oxygens (including phenoxy) is 1. The lowest BCUT2D eigenvalue weighted by Gasteiger charge is -2.50. The van der Waals surface area contributed by atoms with Gasteiger partial charge in [0.2, 0.25) is 0 Å². The monoisotopic (exact) mass is 490 g/mol. The Balaban J connectivity index is 2.01. The van der Waals surface area contributed by atoms with E-state index >= 15 is 4.39 Å². The van der Waals surface area contributed by atoms with Crippen LogP contribution in [0.1, 0.15) is 24.8 Å². The number of benzene rings is 2. The average Bonchev–Trinajstić information content (AvgIpc) is 2.69. The smallest absolute Gasteiger partial charge is 0.188 e. The lowest BCUT2D eigenvalue weighted by molar-refractivity contribution is 0.0844. The summed E-state index contributed by atoms with van der Waals surface area (Å²) in [6.07, 6.45) is 1.90. The normalized spacial score (nSPS) is 25.9. The number of halogens is 3. The zero-order chi connectivity index (χ0) is 22.6. The second-order valence-electron chi connectivity index (χ2n) is 8.24. The molecule has 5 nitrogen and oxygen atoms in total. The van der Waals surface area contributed by atoms with Crippen LogP contribution >= 0.6 is 11.6 Å². The Morgan fingerprint density at radius 2 is 1.71 bits per heavy atom. The summed E-state index contributed by atoms with van der Waals surface area (Å²) in [4.78, 5) is -0.0848. The zero-order valence-corrected chi connectivity index (χ0v) is 19.0. The van der Waals surface area contributed by atoms with E-state index in [1.54, 1.807) is 0 Å². The van der Waals surface area contributed by atoms with Crippen molar-refractivity contribution in [2.75, 3.05) is 18.6 Å². The van der Waals surface area contributed by atoms with Crippen molar-refractivity contribution in [1.29, 1.82) is 0 Å². The molecule has 31 heavy (non-hydrogen) atoms. The third-order valence-corrected chi connectivity index (χ3v) is 10.1. The first-order valence-electron chi connectivity index (χ1n) is 9.76. The van der Waals surface area contributed by atoms with E-state index in [1.165, 1.54) is 24.3 Å². The highest BCUT2D eigenvalue weighted by molar-refractivity contribution is 7.92. The first-order valence-corrected chi connectivity index (χ1v) is 13.7. The Morgan fingerprint density at radius 1 is 1.06 bits per heavy atom. The van der Waals surface area contributed by atoms with Gasteiger partial charge in [0.1, 0.15) is 20.4 Å². The first kappa shape index (κ1) is 22.5. The van der Waals surface area contributed by atoms with Gasteiger partial charge in [0, 0.05) is 17.2 Å². The Morgan fingerprint density at radius 3 is 2.35 bits per heavy atom. The molecule has 10 heteroatoms. The lowest BCUT2D eigenvalue weighted by Crippen LogP contribution is -2.55. The van der Waals surface area contributed by atoms with E-state index in [-0.39, 0.29) is 29.2 Å². The van der Waals surface area contributed by atoms with Crippen LogP contribution in [0.25, 0.3) is 0 Å². The fourth-order valence-corrected chi connectivity index (χ4v) is 8.85. The second-order valence-corrected chi connectivity index (χ2v) is 13.1. The van der Waals surface area contributed by atoms with Gasteiger partial charge >= 0.3 is 0 Å². The number of sulfone groups is 2. The summed E-state index contributed by atoms with van der Waals surface area (Å²) < 4.78 is 85.7. The van der Waals surface area contributed by atoms with Crippen molar-refractivity contribution >= 4 is 31.3 Å². The highest BCUT2D eigenvalue weighted by atomic mass is 35.5. The molecule has 3 atom stereocenters. The average molecular weight is 491 g/mol. The quantitative estimate of drug-likeness (QED) is 0.643. The maximum absolute atomic E-state index is 15.2. The van der Waals surface area contributed by atoms with Crippen LogP contribution in [0, 0.1) is 23.5 Å². The van der Waals surface area contributed by atoms with Crippen molar-refractivity contribution in [3.63, 3.8) is 0 Å². The van der Waals surface area contributed by atoms with Crippen molar-refractivity contribution < 1.29 is 30.4 Å². The van der Waals surface area contributed by atoms with Crippen molar-refractivity contribution in [3.8, 4) is 5.75 Å². The van der Waals surface area contributed by atoms with Crippen LogP contribution < -0.4 is 4.74 Å². The van der Waals surface area contributed by atoms with Gasteiger partial charge in [-0.2, -0.15) is 0 Å². The van der Waals surface area contributed by atoms with E-state index in [0.717, 1.165) is 18.4 Å². The minimum absolute atomic E-state index is 0.0274. The minimum Gasteiger partial charge on any atom is -0.490 e. The van der Waals surface area contributed by atoms with Gasteiger partial charge < -0.3 is 4.74 Å². The molecular weight excluding hydrogens is 470 g/mol. The predicted octanol–water partition coefficient (Wildman–Crippen LogP) is 4.14. The van der Waals surface area contributed by atoms with Gasteiger partial charge in [-0.05, 0) is 55.2 Å². The fraction of sp³-hybridized carbons (Fsp3) is 0.429. The lowest BCUT2D eigenvalue weighted by atomic mass is 9.68. The van der Waals surface area contributed by atoms with E-state index in [0.29, 0.717) is 17.9 Å². The molecule has 0 aromatic heterocycles. The molecule has 168 valence electrons. The standard InChI is InChI=1S/C21H21ClF2O5S2/c1-30(25,26)12-13-3-2-10-21(31(27,28)15-6-4-14(22)5-7-15)16(13)11-29-20-18(24)9-8-17(23)19(20)21/h4-9,13,16H,2-3,10-12H2,1H3/t13-,16-,21-/m0/s1. The van der Waals surface area contributed by atoms with E-state index in [4.69, 9.17) is 16.3 Å².